The second kappa shape index (κ2) is 7.53. The molecule has 1 atom stereocenters. The Morgan fingerprint density at radius 1 is 1.00 bits per heavy atom. The number of nitrogens with two attached hydrogens (primary N) is 2. The fourth-order valence-corrected chi connectivity index (χ4v) is 2.02. The minimum absolute atomic E-state index is 0.264. The van der Waals surface area contributed by atoms with Crippen LogP contribution >= 0.6 is 0 Å². The maximum absolute atomic E-state index is 9.34. The molecule has 2 aromatic rings. The molecule has 0 amide bonds. The van der Waals surface area contributed by atoms with E-state index in [2.05, 4.69) is 10.6 Å². The standard InChI is InChI=1S/C16H22N4O2/c17-12-4-5-16(18)11(6-12)8-19-13-2-1-3-14(7-13)20-9-15(22)10-21/h1-7,15,19-22H,8-10,17-18H2. The van der Waals surface area contributed by atoms with Crippen LogP contribution in [0.2, 0.25) is 0 Å². The van der Waals surface area contributed by atoms with E-state index in [-0.39, 0.29) is 6.61 Å². The molecule has 22 heavy (non-hydrogen) atoms. The van der Waals surface area contributed by atoms with Crippen molar-refractivity contribution in [1.82, 2.24) is 0 Å². The lowest BCUT2D eigenvalue weighted by Crippen LogP contribution is -2.22. The van der Waals surface area contributed by atoms with Crippen molar-refractivity contribution >= 4 is 22.7 Å². The summed E-state index contributed by atoms with van der Waals surface area (Å²) in [5.41, 5.74) is 15.8. The summed E-state index contributed by atoms with van der Waals surface area (Å²) in [5, 5.41) is 24.5. The van der Waals surface area contributed by atoms with Gasteiger partial charge in [0.25, 0.3) is 0 Å². The maximum atomic E-state index is 9.34. The average molecular weight is 302 g/mol. The van der Waals surface area contributed by atoms with Crippen molar-refractivity contribution in [1.29, 1.82) is 0 Å². The number of anilines is 4. The molecule has 0 spiro atoms. The van der Waals surface area contributed by atoms with Gasteiger partial charge >= 0.3 is 0 Å². The Balaban J connectivity index is 1.97. The summed E-state index contributed by atoms with van der Waals surface area (Å²) in [6, 6.07) is 13.1. The molecule has 0 saturated carbocycles. The molecule has 2 aromatic carbocycles. The highest BCUT2D eigenvalue weighted by atomic mass is 16.3. The van der Waals surface area contributed by atoms with E-state index in [4.69, 9.17) is 16.6 Å². The minimum atomic E-state index is -0.774. The maximum Gasteiger partial charge on any atom is 0.0942 e. The van der Waals surface area contributed by atoms with Crippen LogP contribution in [0.3, 0.4) is 0 Å². The molecule has 6 heteroatoms. The molecule has 0 aromatic heterocycles. The molecule has 118 valence electrons. The molecule has 6 nitrogen and oxygen atoms in total. The Kier molecular flexibility index (Phi) is 5.46. The zero-order valence-corrected chi connectivity index (χ0v) is 12.3. The van der Waals surface area contributed by atoms with Gasteiger partial charge < -0.3 is 32.3 Å². The van der Waals surface area contributed by atoms with Crippen LogP contribution in [0.25, 0.3) is 0 Å². The van der Waals surface area contributed by atoms with E-state index in [0.717, 1.165) is 16.9 Å². The Labute approximate surface area is 129 Å². The third-order valence-corrected chi connectivity index (χ3v) is 3.27. The molecule has 0 radical (unpaired) electrons. The summed E-state index contributed by atoms with van der Waals surface area (Å²) in [5.74, 6) is 0. The third kappa shape index (κ3) is 4.54. The number of benzene rings is 2. The molecule has 0 heterocycles. The molecule has 8 N–H and O–H groups in total. The first-order valence-corrected chi connectivity index (χ1v) is 7.09. The number of nitrogen functional groups attached to an aromatic ring is 2. The second-order valence-electron chi connectivity index (χ2n) is 5.11. The van der Waals surface area contributed by atoms with Crippen molar-refractivity contribution in [2.45, 2.75) is 12.6 Å². The highest BCUT2D eigenvalue weighted by Gasteiger charge is 2.03. The summed E-state index contributed by atoms with van der Waals surface area (Å²) < 4.78 is 0. The van der Waals surface area contributed by atoms with Gasteiger partial charge in [0.2, 0.25) is 0 Å². The van der Waals surface area contributed by atoms with Gasteiger partial charge in [-0.1, -0.05) is 6.07 Å². The predicted octanol–water partition coefficient (Wildman–Crippen LogP) is 1.23. The van der Waals surface area contributed by atoms with Crippen molar-refractivity contribution in [2.75, 3.05) is 35.3 Å². The van der Waals surface area contributed by atoms with Crippen molar-refractivity contribution in [2.24, 2.45) is 0 Å². The van der Waals surface area contributed by atoms with Gasteiger partial charge in [-0.2, -0.15) is 0 Å². The highest BCUT2D eigenvalue weighted by molar-refractivity contribution is 5.59. The van der Waals surface area contributed by atoms with Crippen LogP contribution in [0.4, 0.5) is 22.7 Å². The van der Waals surface area contributed by atoms with E-state index >= 15 is 0 Å². The summed E-state index contributed by atoms with van der Waals surface area (Å²) >= 11 is 0. The molecule has 0 fully saturated rings. The molecule has 0 bridgehead atoms. The van der Waals surface area contributed by atoms with Gasteiger partial charge in [0.1, 0.15) is 0 Å². The number of hydrogen-bond acceptors (Lipinski definition) is 6. The SMILES string of the molecule is Nc1ccc(N)c(CNc2cccc(NCC(O)CO)c2)c1. The smallest absolute Gasteiger partial charge is 0.0942 e. The quantitative estimate of drug-likeness (QED) is 0.428. The topological polar surface area (TPSA) is 117 Å². The highest BCUT2D eigenvalue weighted by Crippen LogP contribution is 2.19. The molecule has 0 saturated heterocycles. The van der Waals surface area contributed by atoms with Crippen molar-refractivity contribution < 1.29 is 10.2 Å². The lowest BCUT2D eigenvalue weighted by molar-refractivity contribution is 0.105. The lowest BCUT2D eigenvalue weighted by atomic mass is 10.1. The van der Waals surface area contributed by atoms with Gasteiger partial charge in [0.15, 0.2) is 0 Å². The van der Waals surface area contributed by atoms with E-state index < -0.39 is 6.10 Å². The van der Waals surface area contributed by atoms with Crippen molar-refractivity contribution in [3.8, 4) is 0 Å². The zero-order valence-electron chi connectivity index (χ0n) is 12.3. The Bertz CT molecular complexity index is 619. The molecule has 2 rings (SSSR count). The Morgan fingerprint density at radius 3 is 2.45 bits per heavy atom. The molecular formula is C16H22N4O2. The monoisotopic (exact) mass is 302 g/mol. The largest absolute Gasteiger partial charge is 0.399 e. The van der Waals surface area contributed by atoms with Crippen LogP contribution in [-0.4, -0.2) is 29.5 Å². The lowest BCUT2D eigenvalue weighted by Gasteiger charge is -2.13. The zero-order chi connectivity index (χ0) is 15.9. The van der Waals surface area contributed by atoms with Crippen LogP contribution in [-0.2, 0) is 6.54 Å². The molecule has 0 aliphatic carbocycles. The fourth-order valence-electron chi connectivity index (χ4n) is 2.02. The number of aliphatic hydroxyl groups is 2. The van der Waals surface area contributed by atoms with Crippen molar-refractivity contribution in [3.63, 3.8) is 0 Å². The van der Waals surface area contributed by atoms with Gasteiger partial charge in [0, 0.05) is 35.8 Å². The van der Waals surface area contributed by atoms with Crippen LogP contribution in [0.15, 0.2) is 42.5 Å². The first-order valence-electron chi connectivity index (χ1n) is 7.09. The van der Waals surface area contributed by atoms with E-state index in [1.165, 1.54) is 0 Å². The summed E-state index contributed by atoms with van der Waals surface area (Å²) in [6.45, 7) is 0.599. The Hall–Kier alpha value is -2.44. The molecular weight excluding hydrogens is 280 g/mol. The second-order valence-corrected chi connectivity index (χ2v) is 5.11. The van der Waals surface area contributed by atoms with Gasteiger partial charge in [-0.25, -0.2) is 0 Å². The van der Waals surface area contributed by atoms with Gasteiger partial charge in [-0.05, 0) is 42.0 Å². The summed E-state index contributed by atoms with van der Waals surface area (Å²) in [4.78, 5) is 0. The first-order chi connectivity index (χ1) is 10.6. The van der Waals surface area contributed by atoms with Crippen LogP contribution < -0.4 is 22.1 Å². The van der Waals surface area contributed by atoms with Crippen molar-refractivity contribution in [3.05, 3.63) is 48.0 Å². The van der Waals surface area contributed by atoms with Gasteiger partial charge in [0.05, 0.1) is 12.7 Å². The molecule has 0 aliphatic rings. The van der Waals surface area contributed by atoms with Gasteiger partial charge in [-0.15, -0.1) is 0 Å². The van der Waals surface area contributed by atoms with Crippen LogP contribution in [0.5, 0.6) is 0 Å². The van der Waals surface area contributed by atoms with Crippen LogP contribution in [0, 0.1) is 0 Å². The summed E-state index contributed by atoms with van der Waals surface area (Å²) in [7, 11) is 0. The Morgan fingerprint density at radius 2 is 1.73 bits per heavy atom. The van der Waals surface area contributed by atoms with E-state index in [1.54, 1.807) is 12.1 Å². The first kappa shape index (κ1) is 15.9. The molecule has 1 unspecified atom stereocenters. The number of hydrogen-bond donors (Lipinski definition) is 6. The van der Waals surface area contributed by atoms with E-state index in [0.29, 0.717) is 24.5 Å². The average Bonchev–Trinajstić information content (AvgIpc) is 2.54. The summed E-state index contributed by atoms with van der Waals surface area (Å²) in [6.07, 6.45) is -0.774. The predicted molar refractivity (Wildman–Crippen MR) is 90.6 cm³/mol. The minimum Gasteiger partial charge on any atom is -0.399 e. The normalized spacial score (nSPS) is 11.9. The third-order valence-electron chi connectivity index (χ3n) is 3.27. The van der Waals surface area contributed by atoms with E-state index in [9.17, 15) is 5.11 Å². The van der Waals surface area contributed by atoms with Gasteiger partial charge in [-0.3, -0.25) is 0 Å². The number of rotatable bonds is 7. The molecule has 0 aliphatic heterocycles. The number of nitrogens with one attached hydrogen (secondary N) is 2. The number of aliphatic hydroxyl groups excluding tert-OH is 2. The van der Waals surface area contributed by atoms with Crippen LogP contribution in [0.1, 0.15) is 5.56 Å². The fraction of sp³-hybridized carbons (Fsp3) is 0.250. The van der Waals surface area contributed by atoms with E-state index in [1.807, 2.05) is 30.3 Å².